The summed E-state index contributed by atoms with van der Waals surface area (Å²) >= 11 is 0. The van der Waals surface area contributed by atoms with E-state index in [9.17, 15) is 18.0 Å². The summed E-state index contributed by atoms with van der Waals surface area (Å²) in [7, 11) is 1.72. The molecule has 0 aromatic rings. The molecule has 0 aromatic carbocycles. The Bertz CT molecular complexity index is 291. The summed E-state index contributed by atoms with van der Waals surface area (Å²) in [5, 5.41) is 1.89. The zero-order valence-electron chi connectivity index (χ0n) is 11.3. The number of hydrogen-bond acceptors (Lipinski definition) is 3. The Labute approximate surface area is 111 Å². The van der Waals surface area contributed by atoms with Crippen molar-refractivity contribution in [2.24, 2.45) is 0 Å². The van der Waals surface area contributed by atoms with E-state index in [2.05, 4.69) is 0 Å². The summed E-state index contributed by atoms with van der Waals surface area (Å²) in [6, 6.07) is -0.604. The third kappa shape index (κ3) is 6.24. The molecular weight excluding hydrogens is 261 g/mol. The van der Waals surface area contributed by atoms with Gasteiger partial charge in [-0.1, -0.05) is 0 Å². The zero-order chi connectivity index (χ0) is 14.5. The van der Waals surface area contributed by atoms with Gasteiger partial charge in [-0.3, -0.25) is 9.69 Å². The number of hydrogen-bond donors (Lipinski definition) is 1. The molecule has 0 radical (unpaired) electrons. The van der Waals surface area contributed by atoms with Gasteiger partial charge in [0.25, 0.3) is 0 Å². The van der Waals surface area contributed by atoms with Gasteiger partial charge in [0.1, 0.15) is 6.54 Å². The molecule has 112 valence electrons. The molecule has 0 unspecified atom stereocenters. The van der Waals surface area contributed by atoms with E-state index in [1.165, 1.54) is 0 Å². The Morgan fingerprint density at radius 3 is 2.68 bits per heavy atom. The van der Waals surface area contributed by atoms with Crippen LogP contribution in [0, 0.1) is 0 Å². The lowest BCUT2D eigenvalue weighted by molar-refractivity contribution is -0.141. The molecular formula is C12H21F3N2O2. The van der Waals surface area contributed by atoms with E-state index in [1.54, 1.807) is 18.9 Å². The van der Waals surface area contributed by atoms with Gasteiger partial charge in [0.2, 0.25) is 5.91 Å². The quantitative estimate of drug-likeness (QED) is 0.832. The van der Waals surface area contributed by atoms with Crippen molar-refractivity contribution in [3.63, 3.8) is 0 Å². The topological polar surface area (TPSA) is 41.6 Å². The second-order valence-corrected chi connectivity index (χ2v) is 4.94. The maximum absolute atomic E-state index is 12.0. The normalized spacial score (nSPS) is 22.3. The Hall–Kier alpha value is -0.820. The lowest BCUT2D eigenvalue weighted by Gasteiger charge is -2.30. The average molecular weight is 282 g/mol. The number of alkyl halides is 3. The summed E-state index contributed by atoms with van der Waals surface area (Å²) in [5.74, 6) is -0.615. The van der Waals surface area contributed by atoms with Crippen molar-refractivity contribution in [2.75, 3.05) is 26.7 Å². The highest BCUT2D eigenvalue weighted by atomic mass is 19.4. The van der Waals surface area contributed by atoms with Crippen molar-refractivity contribution in [3.05, 3.63) is 0 Å². The minimum Gasteiger partial charge on any atom is -0.377 e. The zero-order valence-corrected chi connectivity index (χ0v) is 11.3. The standard InChI is InChI=1S/C12H21F3N2O2/c1-9(11(18)16-8-12(13,14)15)17(2)7-10-5-3-4-6-19-10/h9-10H,3-8H2,1-2H3,(H,16,18)/t9-,10+/m1/s1. The SMILES string of the molecule is C[C@H](C(=O)NCC(F)(F)F)N(C)C[C@@H]1CCCCO1. The van der Waals surface area contributed by atoms with Crippen molar-refractivity contribution >= 4 is 5.91 Å². The van der Waals surface area contributed by atoms with Crippen LogP contribution >= 0.6 is 0 Å². The number of nitrogens with one attached hydrogen (secondary N) is 1. The third-order valence-corrected chi connectivity index (χ3v) is 3.27. The Morgan fingerprint density at radius 1 is 1.47 bits per heavy atom. The molecule has 1 saturated heterocycles. The maximum Gasteiger partial charge on any atom is 0.405 e. The van der Waals surface area contributed by atoms with Crippen LogP contribution in [0.5, 0.6) is 0 Å². The molecule has 19 heavy (non-hydrogen) atoms. The number of nitrogens with zero attached hydrogens (tertiary/aromatic N) is 1. The van der Waals surface area contributed by atoms with Gasteiger partial charge in [-0.25, -0.2) is 0 Å². The Morgan fingerprint density at radius 2 is 2.16 bits per heavy atom. The summed E-state index contributed by atoms with van der Waals surface area (Å²) in [6.07, 6.45) is -1.24. The smallest absolute Gasteiger partial charge is 0.377 e. The first-order valence-corrected chi connectivity index (χ1v) is 6.46. The van der Waals surface area contributed by atoms with Gasteiger partial charge in [-0.05, 0) is 33.2 Å². The van der Waals surface area contributed by atoms with E-state index >= 15 is 0 Å². The first-order valence-electron chi connectivity index (χ1n) is 6.46. The number of rotatable bonds is 5. The molecule has 0 saturated carbocycles. The van der Waals surface area contributed by atoms with Gasteiger partial charge < -0.3 is 10.1 Å². The van der Waals surface area contributed by atoms with Crippen molar-refractivity contribution in [3.8, 4) is 0 Å². The molecule has 1 heterocycles. The van der Waals surface area contributed by atoms with Gasteiger partial charge in [0.05, 0.1) is 12.1 Å². The molecule has 4 nitrogen and oxygen atoms in total. The second kappa shape index (κ2) is 7.09. The number of halogens is 3. The lowest BCUT2D eigenvalue weighted by atomic mass is 10.1. The van der Waals surface area contributed by atoms with E-state index in [4.69, 9.17) is 4.74 Å². The molecule has 1 N–H and O–H groups in total. The molecule has 1 rings (SSSR count). The fourth-order valence-electron chi connectivity index (χ4n) is 1.97. The number of carbonyl (C=O) groups is 1. The van der Waals surface area contributed by atoms with Crippen molar-refractivity contribution in [2.45, 2.75) is 44.5 Å². The van der Waals surface area contributed by atoms with E-state index in [0.717, 1.165) is 19.3 Å². The molecule has 0 bridgehead atoms. The molecule has 0 spiro atoms. The first-order chi connectivity index (χ1) is 8.79. The van der Waals surface area contributed by atoms with Crippen LogP contribution in [0.2, 0.25) is 0 Å². The van der Waals surface area contributed by atoms with Crippen LogP contribution in [0.15, 0.2) is 0 Å². The van der Waals surface area contributed by atoms with E-state index in [1.807, 2.05) is 5.32 Å². The molecule has 1 aliphatic rings. The Balaban J connectivity index is 2.33. The van der Waals surface area contributed by atoms with E-state index in [-0.39, 0.29) is 6.10 Å². The van der Waals surface area contributed by atoms with Crippen LogP contribution in [0.3, 0.4) is 0 Å². The highest BCUT2D eigenvalue weighted by Crippen LogP contribution is 2.15. The summed E-state index contributed by atoms with van der Waals surface area (Å²) in [5.41, 5.74) is 0. The molecule has 1 amide bonds. The van der Waals surface area contributed by atoms with Crippen molar-refractivity contribution in [1.82, 2.24) is 10.2 Å². The van der Waals surface area contributed by atoms with E-state index < -0.39 is 24.7 Å². The monoisotopic (exact) mass is 282 g/mol. The van der Waals surface area contributed by atoms with Gasteiger partial charge in [0, 0.05) is 13.2 Å². The number of ether oxygens (including phenoxy) is 1. The average Bonchev–Trinajstić information content (AvgIpc) is 2.35. The largest absolute Gasteiger partial charge is 0.405 e. The van der Waals surface area contributed by atoms with Crippen molar-refractivity contribution in [1.29, 1.82) is 0 Å². The molecule has 1 fully saturated rings. The minimum absolute atomic E-state index is 0.0663. The fourth-order valence-corrected chi connectivity index (χ4v) is 1.97. The highest BCUT2D eigenvalue weighted by Gasteiger charge is 2.30. The number of carbonyl (C=O) groups excluding carboxylic acids is 1. The molecule has 1 aliphatic heterocycles. The van der Waals surface area contributed by atoms with Crippen LogP contribution in [0.1, 0.15) is 26.2 Å². The van der Waals surface area contributed by atoms with Crippen molar-refractivity contribution < 1.29 is 22.7 Å². The van der Waals surface area contributed by atoms with Crippen LogP contribution in [-0.4, -0.2) is 55.9 Å². The fraction of sp³-hybridized carbons (Fsp3) is 0.917. The summed E-state index contributed by atoms with van der Waals surface area (Å²) in [6.45, 7) is 1.58. The van der Waals surface area contributed by atoms with Crippen LogP contribution < -0.4 is 5.32 Å². The van der Waals surface area contributed by atoms with Crippen LogP contribution in [0.25, 0.3) is 0 Å². The van der Waals surface area contributed by atoms with Gasteiger partial charge in [0.15, 0.2) is 0 Å². The highest BCUT2D eigenvalue weighted by molar-refractivity contribution is 5.81. The number of likely N-dealkylation sites (N-methyl/N-ethyl adjacent to an activating group) is 1. The predicted molar refractivity (Wildman–Crippen MR) is 64.7 cm³/mol. The minimum atomic E-state index is -4.37. The third-order valence-electron chi connectivity index (χ3n) is 3.27. The Kier molecular flexibility index (Phi) is 6.06. The van der Waals surface area contributed by atoms with Crippen LogP contribution in [-0.2, 0) is 9.53 Å². The second-order valence-electron chi connectivity index (χ2n) is 4.94. The van der Waals surface area contributed by atoms with E-state index in [0.29, 0.717) is 13.2 Å². The molecule has 0 aliphatic carbocycles. The predicted octanol–water partition coefficient (Wildman–Crippen LogP) is 1.55. The molecule has 7 heteroatoms. The lowest BCUT2D eigenvalue weighted by Crippen LogP contribution is -2.48. The summed E-state index contributed by atoms with van der Waals surface area (Å²) in [4.78, 5) is 13.3. The molecule has 2 atom stereocenters. The van der Waals surface area contributed by atoms with Gasteiger partial charge >= 0.3 is 6.18 Å². The summed E-state index contributed by atoms with van der Waals surface area (Å²) < 4.78 is 41.6. The first kappa shape index (κ1) is 16.2. The van der Waals surface area contributed by atoms with Gasteiger partial charge in [-0.2, -0.15) is 13.2 Å². The van der Waals surface area contributed by atoms with Crippen LogP contribution in [0.4, 0.5) is 13.2 Å². The molecule has 0 aromatic heterocycles. The van der Waals surface area contributed by atoms with Gasteiger partial charge in [-0.15, -0.1) is 0 Å². The number of amides is 1. The maximum atomic E-state index is 12.0.